The van der Waals surface area contributed by atoms with Gasteiger partial charge in [0.1, 0.15) is 0 Å². The summed E-state index contributed by atoms with van der Waals surface area (Å²) in [4.78, 5) is 0. The van der Waals surface area contributed by atoms with Crippen LogP contribution in [-0.4, -0.2) is 32.3 Å². The van der Waals surface area contributed by atoms with E-state index in [4.69, 9.17) is 10.5 Å². The molecule has 1 saturated heterocycles. The Balaban J connectivity index is 1.65. The van der Waals surface area contributed by atoms with E-state index in [1.807, 2.05) is 0 Å². The van der Waals surface area contributed by atoms with E-state index in [2.05, 4.69) is 12.2 Å². The Morgan fingerprint density at radius 1 is 1.47 bits per heavy atom. The Labute approximate surface area is 92.7 Å². The maximum atomic E-state index is 5.75. The summed E-state index contributed by atoms with van der Waals surface area (Å²) in [5, 5.41) is 3.59. The molecule has 3 N–H and O–H groups in total. The van der Waals surface area contributed by atoms with Gasteiger partial charge in [0.2, 0.25) is 0 Å². The predicted octanol–water partition coefficient (Wildman–Crippen LogP) is 1.13. The fraction of sp³-hybridized carbons (Fsp3) is 1.00. The van der Waals surface area contributed by atoms with Crippen LogP contribution in [0.4, 0.5) is 0 Å². The molecule has 2 atom stereocenters. The van der Waals surface area contributed by atoms with Gasteiger partial charge < -0.3 is 15.8 Å². The zero-order valence-electron chi connectivity index (χ0n) is 9.80. The zero-order chi connectivity index (χ0) is 10.7. The van der Waals surface area contributed by atoms with Gasteiger partial charge in [-0.25, -0.2) is 0 Å². The smallest absolute Gasteiger partial charge is 0.0613 e. The molecule has 1 aliphatic carbocycles. The third kappa shape index (κ3) is 2.71. The van der Waals surface area contributed by atoms with Crippen LogP contribution in [0.3, 0.4) is 0 Å². The maximum Gasteiger partial charge on any atom is 0.0613 e. The van der Waals surface area contributed by atoms with Gasteiger partial charge in [0.25, 0.3) is 0 Å². The molecule has 2 unspecified atom stereocenters. The maximum absolute atomic E-state index is 5.75. The van der Waals surface area contributed by atoms with Crippen LogP contribution in [-0.2, 0) is 4.74 Å². The molecule has 0 aromatic rings. The van der Waals surface area contributed by atoms with E-state index in [9.17, 15) is 0 Å². The molecule has 1 saturated carbocycles. The van der Waals surface area contributed by atoms with Crippen LogP contribution in [0.5, 0.6) is 0 Å². The van der Waals surface area contributed by atoms with E-state index in [0.29, 0.717) is 11.5 Å². The SMILES string of the molecule is CCC1OCCC1CNCC1(CN)CC1. The lowest BCUT2D eigenvalue weighted by atomic mass is 9.99. The second-order valence-corrected chi connectivity index (χ2v) is 5.20. The lowest BCUT2D eigenvalue weighted by molar-refractivity contribution is 0.0870. The highest BCUT2D eigenvalue weighted by Gasteiger charge is 2.40. The Morgan fingerprint density at radius 3 is 2.87 bits per heavy atom. The highest BCUT2D eigenvalue weighted by atomic mass is 16.5. The van der Waals surface area contributed by atoms with Crippen molar-refractivity contribution < 1.29 is 4.74 Å². The minimum absolute atomic E-state index is 0.459. The molecule has 88 valence electrons. The lowest BCUT2D eigenvalue weighted by Gasteiger charge is -2.19. The van der Waals surface area contributed by atoms with Crippen LogP contribution in [0.25, 0.3) is 0 Å². The molecule has 3 nitrogen and oxygen atoms in total. The average molecular weight is 212 g/mol. The molecule has 2 fully saturated rings. The standard InChI is InChI=1S/C12H24N2O/c1-2-11-10(3-6-15-11)7-14-9-12(8-13)4-5-12/h10-11,14H,2-9,13H2,1H3. The summed E-state index contributed by atoms with van der Waals surface area (Å²) in [5.41, 5.74) is 6.21. The van der Waals surface area contributed by atoms with Crippen molar-refractivity contribution in [2.45, 2.75) is 38.7 Å². The molecule has 2 rings (SSSR count). The third-order valence-electron chi connectivity index (χ3n) is 4.05. The van der Waals surface area contributed by atoms with Gasteiger partial charge >= 0.3 is 0 Å². The zero-order valence-corrected chi connectivity index (χ0v) is 9.80. The van der Waals surface area contributed by atoms with Crippen LogP contribution >= 0.6 is 0 Å². The van der Waals surface area contributed by atoms with Gasteiger partial charge in [0.05, 0.1) is 6.10 Å². The fourth-order valence-electron chi connectivity index (χ4n) is 2.53. The molecule has 1 aliphatic heterocycles. The minimum Gasteiger partial charge on any atom is -0.378 e. The summed E-state index contributed by atoms with van der Waals surface area (Å²) in [6.07, 6.45) is 5.49. The van der Waals surface area contributed by atoms with E-state index in [0.717, 1.165) is 38.6 Å². The van der Waals surface area contributed by atoms with E-state index in [1.165, 1.54) is 19.3 Å². The molecule has 0 aromatic carbocycles. The summed E-state index contributed by atoms with van der Waals surface area (Å²) in [6.45, 7) is 6.23. The van der Waals surface area contributed by atoms with Crippen LogP contribution in [0.15, 0.2) is 0 Å². The molecule has 0 spiro atoms. The Hall–Kier alpha value is -0.120. The summed E-state index contributed by atoms with van der Waals surface area (Å²) < 4.78 is 5.67. The van der Waals surface area contributed by atoms with Crippen molar-refractivity contribution >= 4 is 0 Å². The number of hydrogen-bond acceptors (Lipinski definition) is 3. The fourth-order valence-corrected chi connectivity index (χ4v) is 2.53. The number of rotatable bonds is 6. The summed E-state index contributed by atoms with van der Waals surface area (Å²) >= 11 is 0. The number of ether oxygens (including phenoxy) is 1. The Kier molecular flexibility index (Phi) is 3.65. The van der Waals surface area contributed by atoms with Crippen molar-refractivity contribution in [2.24, 2.45) is 17.1 Å². The van der Waals surface area contributed by atoms with Crippen molar-refractivity contribution in [1.29, 1.82) is 0 Å². The second-order valence-electron chi connectivity index (χ2n) is 5.20. The molecule has 0 bridgehead atoms. The highest BCUT2D eigenvalue weighted by Crippen LogP contribution is 2.43. The normalized spacial score (nSPS) is 33.2. The summed E-state index contributed by atoms with van der Waals surface area (Å²) in [5.74, 6) is 0.726. The molecule has 0 aromatic heterocycles. The second kappa shape index (κ2) is 4.81. The van der Waals surface area contributed by atoms with E-state index >= 15 is 0 Å². The molecule has 0 radical (unpaired) electrons. The molecule has 15 heavy (non-hydrogen) atoms. The first-order chi connectivity index (χ1) is 7.29. The highest BCUT2D eigenvalue weighted by molar-refractivity contribution is 4.95. The lowest BCUT2D eigenvalue weighted by Crippen LogP contribution is -2.34. The van der Waals surface area contributed by atoms with Crippen molar-refractivity contribution in [1.82, 2.24) is 5.32 Å². The van der Waals surface area contributed by atoms with E-state index < -0.39 is 0 Å². The molecule has 1 heterocycles. The molecular weight excluding hydrogens is 188 g/mol. The van der Waals surface area contributed by atoms with Crippen molar-refractivity contribution in [3.05, 3.63) is 0 Å². The molecule has 2 aliphatic rings. The van der Waals surface area contributed by atoms with Crippen molar-refractivity contribution in [3.8, 4) is 0 Å². The predicted molar refractivity (Wildman–Crippen MR) is 61.7 cm³/mol. The van der Waals surface area contributed by atoms with Crippen molar-refractivity contribution in [2.75, 3.05) is 26.2 Å². The topological polar surface area (TPSA) is 47.3 Å². The van der Waals surface area contributed by atoms with Crippen molar-refractivity contribution in [3.63, 3.8) is 0 Å². The number of nitrogens with one attached hydrogen (secondary N) is 1. The van der Waals surface area contributed by atoms with Gasteiger partial charge in [-0.3, -0.25) is 0 Å². The van der Waals surface area contributed by atoms with E-state index in [1.54, 1.807) is 0 Å². The van der Waals surface area contributed by atoms with E-state index in [-0.39, 0.29) is 0 Å². The number of hydrogen-bond donors (Lipinski definition) is 2. The van der Waals surface area contributed by atoms with Crippen LogP contribution in [0.1, 0.15) is 32.6 Å². The quantitative estimate of drug-likeness (QED) is 0.694. The number of nitrogens with two attached hydrogens (primary N) is 1. The Morgan fingerprint density at radius 2 is 2.27 bits per heavy atom. The van der Waals surface area contributed by atoms with Gasteiger partial charge in [0, 0.05) is 19.7 Å². The van der Waals surface area contributed by atoms with Crippen LogP contribution in [0, 0.1) is 11.3 Å². The summed E-state index contributed by atoms with van der Waals surface area (Å²) in [6, 6.07) is 0. The molecule has 0 amide bonds. The third-order valence-corrected chi connectivity index (χ3v) is 4.05. The van der Waals surface area contributed by atoms with Gasteiger partial charge in [-0.2, -0.15) is 0 Å². The first-order valence-electron chi connectivity index (χ1n) is 6.32. The van der Waals surface area contributed by atoms with Gasteiger partial charge in [-0.1, -0.05) is 6.92 Å². The monoisotopic (exact) mass is 212 g/mol. The summed E-state index contributed by atoms with van der Waals surface area (Å²) in [7, 11) is 0. The van der Waals surface area contributed by atoms with Crippen LogP contribution < -0.4 is 11.1 Å². The minimum atomic E-state index is 0.459. The van der Waals surface area contributed by atoms with Gasteiger partial charge in [-0.05, 0) is 43.6 Å². The first-order valence-corrected chi connectivity index (χ1v) is 6.32. The first kappa shape index (κ1) is 11.4. The Bertz CT molecular complexity index is 204. The van der Waals surface area contributed by atoms with Gasteiger partial charge in [0.15, 0.2) is 0 Å². The molecule has 3 heteroatoms. The largest absolute Gasteiger partial charge is 0.378 e. The van der Waals surface area contributed by atoms with Gasteiger partial charge in [-0.15, -0.1) is 0 Å². The average Bonchev–Trinajstić information content (AvgIpc) is 2.90. The van der Waals surface area contributed by atoms with Crippen LogP contribution in [0.2, 0.25) is 0 Å². The molecular formula is C12H24N2O.